The standard InChI is InChI=1S/C20H28FN5O3S/c1-15(13-28-2)22-18(27)14-30-20-24-23-19(16-3-5-17(21)6-4-16)26(20)8-7-25-9-11-29-12-10-25/h3-6,15H,7-14H2,1-2H3,(H,22,27). The molecule has 1 aromatic heterocycles. The maximum Gasteiger partial charge on any atom is 0.230 e. The van der Waals surface area contributed by atoms with Crippen LogP contribution in [0.3, 0.4) is 0 Å². The lowest BCUT2D eigenvalue weighted by Gasteiger charge is -2.27. The molecule has 1 saturated heterocycles. The Hall–Kier alpha value is -2.01. The third-order valence-electron chi connectivity index (χ3n) is 4.72. The maximum atomic E-state index is 13.3. The number of carbonyl (C=O) groups is 1. The van der Waals surface area contributed by atoms with Gasteiger partial charge >= 0.3 is 0 Å². The summed E-state index contributed by atoms with van der Waals surface area (Å²) in [5, 5.41) is 12.2. The number of methoxy groups -OCH3 is 1. The number of hydrogen-bond donors (Lipinski definition) is 1. The molecule has 8 nitrogen and oxygen atoms in total. The highest BCUT2D eigenvalue weighted by Gasteiger charge is 2.18. The van der Waals surface area contributed by atoms with Crippen LogP contribution in [-0.2, 0) is 20.8 Å². The maximum absolute atomic E-state index is 13.3. The Balaban J connectivity index is 1.71. The molecule has 1 unspecified atom stereocenters. The first-order chi connectivity index (χ1) is 14.6. The summed E-state index contributed by atoms with van der Waals surface area (Å²) < 4.78 is 25.8. The minimum Gasteiger partial charge on any atom is -0.383 e. The van der Waals surface area contributed by atoms with Gasteiger partial charge in [0.1, 0.15) is 5.82 Å². The second-order valence-corrected chi connectivity index (χ2v) is 8.07. The number of hydrogen-bond acceptors (Lipinski definition) is 7. The van der Waals surface area contributed by atoms with Gasteiger partial charge in [-0.1, -0.05) is 11.8 Å². The number of halogens is 1. The van der Waals surface area contributed by atoms with E-state index in [2.05, 4.69) is 20.4 Å². The van der Waals surface area contributed by atoms with Crippen LogP contribution in [-0.4, -0.2) is 83.9 Å². The van der Waals surface area contributed by atoms with Gasteiger partial charge in [0.05, 0.1) is 25.6 Å². The van der Waals surface area contributed by atoms with E-state index >= 15 is 0 Å². The van der Waals surface area contributed by atoms with Gasteiger partial charge in [-0.25, -0.2) is 4.39 Å². The summed E-state index contributed by atoms with van der Waals surface area (Å²) >= 11 is 1.34. The lowest BCUT2D eigenvalue weighted by atomic mass is 10.2. The van der Waals surface area contributed by atoms with Crippen LogP contribution >= 0.6 is 11.8 Å². The van der Waals surface area contributed by atoms with Gasteiger partial charge in [0, 0.05) is 44.9 Å². The molecule has 1 aromatic carbocycles. The van der Waals surface area contributed by atoms with Gasteiger partial charge in [-0.2, -0.15) is 0 Å². The van der Waals surface area contributed by atoms with Crippen LogP contribution in [0.4, 0.5) is 4.39 Å². The topological polar surface area (TPSA) is 81.5 Å². The van der Waals surface area contributed by atoms with Crippen LogP contribution in [0, 0.1) is 5.82 Å². The minimum atomic E-state index is -0.297. The van der Waals surface area contributed by atoms with Crippen molar-refractivity contribution in [3.05, 3.63) is 30.1 Å². The van der Waals surface area contributed by atoms with Crippen molar-refractivity contribution in [2.24, 2.45) is 0 Å². The zero-order valence-corrected chi connectivity index (χ0v) is 18.2. The van der Waals surface area contributed by atoms with Crippen molar-refractivity contribution in [2.45, 2.75) is 24.7 Å². The Bertz CT molecular complexity index is 811. The van der Waals surface area contributed by atoms with Gasteiger partial charge in [0.2, 0.25) is 5.91 Å². The van der Waals surface area contributed by atoms with Crippen LogP contribution in [0.5, 0.6) is 0 Å². The number of nitrogens with one attached hydrogen (secondary N) is 1. The van der Waals surface area contributed by atoms with E-state index in [-0.39, 0.29) is 23.5 Å². The Morgan fingerprint density at radius 2 is 2.00 bits per heavy atom. The summed E-state index contributed by atoms with van der Waals surface area (Å²) in [7, 11) is 1.60. The molecule has 0 saturated carbocycles. The Labute approximate surface area is 180 Å². The highest BCUT2D eigenvalue weighted by Crippen LogP contribution is 2.24. The number of carbonyl (C=O) groups excluding carboxylic acids is 1. The first-order valence-corrected chi connectivity index (χ1v) is 11.0. The first-order valence-electron chi connectivity index (χ1n) is 9.97. The van der Waals surface area contributed by atoms with Gasteiger partial charge in [-0.15, -0.1) is 10.2 Å². The number of benzene rings is 1. The SMILES string of the molecule is COCC(C)NC(=O)CSc1nnc(-c2ccc(F)cc2)n1CCN1CCOCC1. The molecule has 0 radical (unpaired) electrons. The van der Waals surface area contributed by atoms with Crippen LogP contribution < -0.4 is 5.32 Å². The highest BCUT2D eigenvalue weighted by molar-refractivity contribution is 7.99. The van der Waals surface area contributed by atoms with Crippen molar-refractivity contribution in [3.8, 4) is 11.4 Å². The fourth-order valence-electron chi connectivity index (χ4n) is 3.21. The number of nitrogens with zero attached hydrogens (tertiary/aromatic N) is 4. The molecule has 164 valence electrons. The van der Waals surface area contributed by atoms with Gasteiger partial charge in [-0.3, -0.25) is 9.69 Å². The van der Waals surface area contributed by atoms with Crippen molar-refractivity contribution in [1.29, 1.82) is 0 Å². The summed E-state index contributed by atoms with van der Waals surface area (Å²) in [6.07, 6.45) is 0. The van der Waals surface area contributed by atoms with E-state index in [1.54, 1.807) is 19.2 Å². The van der Waals surface area contributed by atoms with Crippen molar-refractivity contribution >= 4 is 17.7 Å². The van der Waals surface area contributed by atoms with Crippen LogP contribution in [0.1, 0.15) is 6.92 Å². The first kappa shape index (κ1) is 22.7. The number of aromatic nitrogens is 3. The molecular formula is C20H28FN5O3S. The van der Waals surface area contributed by atoms with Crippen LogP contribution in [0.15, 0.2) is 29.4 Å². The van der Waals surface area contributed by atoms with Crippen molar-refractivity contribution < 1.29 is 18.7 Å². The third-order valence-corrected chi connectivity index (χ3v) is 5.69. The van der Waals surface area contributed by atoms with E-state index in [0.717, 1.165) is 38.4 Å². The summed E-state index contributed by atoms with van der Waals surface area (Å²) in [6, 6.07) is 6.15. The van der Waals surface area contributed by atoms with E-state index in [1.807, 2.05) is 11.5 Å². The number of rotatable bonds is 10. The molecule has 1 atom stereocenters. The zero-order chi connectivity index (χ0) is 21.3. The van der Waals surface area contributed by atoms with Crippen LogP contribution in [0.25, 0.3) is 11.4 Å². The normalized spacial score (nSPS) is 15.8. The molecule has 0 bridgehead atoms. The van der Waals surface area contributed by atoms with E-state index in [9.17, 15) is 9.18 Å². The summed E-state index contributed by atoms with van der Waals surface area (Å²) in [5.41, 5.74) is 0.788. The van der Waals surface area contributed by atoms with Gasteiger partial charge in [0.25, 0.3) is 0 Å². The third kappa shape index (κ3) is 6.49. The lowest BCUT2D eigenvalue weighted by Crippen LogP contribution is -2.38. The molecule has 0 spiro atoms. The molecule has 1 amide bonds. The lowest BCUT2D eigenvalue weighted by molar-refractivity contribution is -0.119. The minimum absolute atomic E-state index is 0.0583. The second-order valence-electron chi connectivity index (χ2n) is 7.13. The largest absolute Gasteiger partial charge is 0.383 e. The summed E-state index contributed by atoms with van der Waals surface area (Å²) in [4.78, 5) is 14.5. The molecule has 3 rings (SSSR count). The van der Waals surface area contributed by atoms with Crippen LogP contribution in [0.2, 0.25) is 0 Å². The number of thioether (sulfide) groups is 1. The quantitative estimate of drug-likeness (QED) is 0.566. The highest BCUT2D eigenvalue weighted by atomic mass is 32.2. The monoisotopic (exact) mass is 437 g/mol. The molecule has 1 fully saturated rings. The van der Waals surface area contributed by atoms with E-state index in [4.69, 9.17) is 9.47 Å². The van der Waals surface area contributed by atoms with Gasteiger partial charge in [0.15, 0.2) is 11.0 Å². The van der Waals surface area contributed by atoms with E-state index in [0.29, 0.717) is 24.1 Å². The van der Waals surface area contributed by atoms with E-state index < -0.39 is 0 Å². The fourth-order valence-corrected chi connectivity index (χ4v) is 3.99. The smallest absolute Gasteiger partial charge is 0.230 e. The van der Waals surface area contributed by atoms with Gasteiger partial charge in [-0.05, 0) is 31.2 Å². The summed E-state index contributed by atoms with van der Waals surface area (Å²) in [5.74, 6) is 0.511. The zero-order valence-electron chi connectivity index (χ0n) is 17.3. The molecule has 2 heterocycles. The molecular weight excluding hydrogens is 409 g/mol. The van der Waals surface area contributed by atoms with Crippen molar-refractivity contribution in [1.82, 2.24) is 25.0 Å². The van der Waals surface area contributed by atoms with Gasteiger partial charge < -0.3 is 19.4 Å². The average molecular weight is 438 g/mol. The van der Waals surface area contributed by atoms with Crippen molar-refractivity contribution in [3.63, 3.8) is 0 Å². The Kier molecular flexibility index (Phi) is 8.61. The molecule has 1 N–H and O–H groups in total. The predicted octanol–water partition coefficient (Wildman–Crippen LogP) is 1.66. The summed E-state index contributed by atoms with van der Waals surface area (Å²) in [6.45, 7) is 7.07. The van der Waals surface area contributed by atoms with E-state index in [1.165, 1.54) is 23.9 Å². The molecule has 0 aliphatic carbocycles. The number of morpholine rings is 1. The molecule has 10 heteroatoms. The fraction of sp³-hybridized carbons (Fsp3) is 0.550. The molecule has 2 aromatic rings. The molecule has 30 heavy (non-hydrogen) atoms. The second kappa shape index (κ2) is 11.4. The predicted molar refractivity (Wildman–Crippen MR) is 113 cm³/mol. The number of amides is 1. The Morgan fingerprint density at radius 1 is 1.27 bits per heavy atom. The molecule has 1 aliphatic rings. The molecule has 1 aliphatic heterocycles. The number of ether oxygens (including phenoxy) is 2. The average Bonchev–Trinajstić information content (AvgIpc) is 3.15. The Morgan fingerprint density at radius 3 is 2.70 bits per heavy atom. The van der Waals surface area contributed by atoms with Crippen molar-refractivity contribution in [2.75, 3.05) is 52.3 Å².